The van der Waals surface area contributed by atoms with Gasteiger partial charge in [-0.25, -0.2) is 0 Å². The summed E-state index contributed by atoms with van der Waals surface area (Å²) in [7, 11) is 0. The van der Waals surface area contributed by atoms with Gasteiger partial charge in [-0.2, -0.15) is 10.2 Å². The molecule has 1 aliphatic heterocycles. The van der Waals surface area contributed by atoms with Crippen molar-refractivity contribution in [2.75, 3.05) is 0 Å². The standard InChI is InChI=1S/C10H20N2/c1-6-7-9(3,4)8(2)10(5)11-12-10/h8H,6-7H2,1-5H3/t8-/m0/s1. The topological polar surface area (TPSA) is 24.7 Å². The Morgan fingerprint density at radius 3 is 2.17 bits per heavy atom. The van der Waals surface area contributed by atoms with Crippen LogP contribution in [0.3, 0.4) is 0 Å². The van der Waals surface area contributed by atoms with Gasteiger partial charge in [0.25, 0.3) is 0 Å². The molecule has 1 atom stereocenters. The van der Waals surface area contributed by atoms with Crippen LogP contribution in [0.4, 0.5) is 0 Å². The third kappa shape index (κ3) is 1.67. The van der Waals surface area contributed by atoms with Crippen LogP contribution in [0.5, 0.6) is 0 Å². The first-order chi connectivity index (χ1) is 5.42. The summed E-state index contributed by atoms with van der Waals surface area (Å²) in [4.78, 5) is 0. The summed E-state index contributed by atoms with van der Waals surface area (Å²) in [5.74, 6) is 0.560. The Hall–Kier alpha value is -0.400. The highest BCUT2D eigenvalue weighted by atomic mass is 15.4. The van der Waals surface area contributed by atoms with E-state index in [0.717, 1.165) is 0 Å². The van der Waals surface area contributed by atoms with E-state index in [0.29, 0.717) is 11.3 Å². The molecular formula is C10H20N2. The van der Waals surface area contributed by atoms with Gasteiger partial charge in [0.15, 0.2) is 5.66 Å². The van der Waals surface area contributed by atoms with Gasteiger partial charge in [0.1, 0.15) is 0 Å². The number of rotatable bonds is 4. The van der Waals surface area contributed by atoms with Crippen LogP contribution in [0.25, 0.3) is 0 Å². The molecule has 1 rings (SSSR count). The van der Waals surface area contributed by atoms with Gasteiger partial charge in [0.2, 0.25) is 0 Å². The molecule has 0 N–H and O–H groups in total. The van der Waals surface area contributed by atoms with Crippen molar-refractivity contribution < 1.29 is 0 Å². The SMILES string of the molecule is CCCC(C)(C)[C@H](C)C1(C)N=N1. The van der Waals surface area contributed by atoms with E-state index in [2.05, 4.69) is 44.8 Å². The van der Waals surface area contributed by atoms with E-state index in [9.17, 15) is 0 Å². The number of hydrogen-bond donors (Lipinski definition) is 0. The van der Waals surface area contributed by atoms with Crippen LogP contribution in [0.15, 0.2) is 10.2 Å². The summed E-state index contributed by atoms with van der Waals surface area (Å²) < 4.78 is 0. The molecule has 1 aliphatic rings. The van der Waals surface area contributed by atoms with E-state index in [1.54, 1.807) is 0 Å². The fraction of sp³-hybridized carbons (Fsp3) is 1.00. The highest BCUT2D eigenvalue weighted by Gasteiger charge is 2.47. The van der Waals surface area contributed by atoms with Crippen LogP contribution in [0, 0.1) is 11.3 Å². The van der Waals surface area contributed by atoms with Crippen molar-refractivity contribution in [3.05, 3.63) is 0 Å². The number of nitrogens with zero attached hydrogens (tertiary/aromatic N) is 2. The van der Waals surface area contributed by atoms with Gasteiger partial charge in [-0.1, -0.05) is 34.1 Å². The van der Waals surface area contributed by atoms with Gasteiger partial charge < -0.3 is 0 Å². The average molecular weight is 168 g/mol. The summed E-state index contributed by atoms with van der Waals surface area (Å²) in [6, 6.07) is 0. The van der Waals surface area contributed by atoms with Crippen LogP contribution >= 0.6 is 0 Å². The van der Waals surface area contributed by atoms with Crippen LogP contribution in [0.2, 0.25) is 0 Å². The summed E-state index contributed by atoms with van der Waals surface area (Å²) >= 11 is 0. The second-order valence-corrected chi connectivity index (χ2v) is 4.75. The molecule has 2 heteroatoms. The predicted octanol–water partition coefficient (Wildman–Crippen LogP) is 3.63. The summed E-state index contributed by atoms with van der Waals surface area (Å²) in [5.41, 5.74) is 0.311. The highest BCUT2D eigenvalue weighted by Crippen LogP contribution is 2.46. The fourth-order valence-corrected chi connectivity index (χ4v) is 1.85. The first-order valence-electron chi connectivity index (χ1n) is 4.86. The zero-order valence-electron chi connectivity index (χ0n) is 8.89. The number of hydrogen-bond acceptors (Lipinski definition) is 2. The van der Waals surface area contributed by atoms with Crippen LogP contribution in [0.1, 0.15) is 47.5 Å². The molecule has 0 aromatic rings. The van der Waals surface area contributed by atoms with Crippen molar-refractivity contribution in [1.29, 1.82) is 0 Å². The Balaban J connectivity index is 2.55. The molecule has 0 aromatic heterocycles. The molecule has 2 nitrogen and oxygen atoms in total. The molecule has 1 heterocycles. The average Bonchev–Trinajstić information content (AvgIpc) is 2.68. The van der Waals surface area contributed by atoms with E-state index in [4.69, 9.17) is 0 Å². The quantitative estimate of drug-likeness (QED) is 0.612. The lowest BCUT2D eigenvalue weighted by Gasteiger charge is -2.33. The van der Waals surface area contributed by atoms with Crippen LogP contribution < -0.4 is 0 Å². The second-order valence-electron chi connectivity index (χ2n) is 4.75. The van der Waals surface area contributed by atoms with Crippen molar-refractivity contribution in [3.8, 4) is 0 Å². The second kappa shape index (κ2) is 2.82. The van der Waals surface area contributed by atoms with Gasteiger partial charge in [0, 0.05) is 5.92 Å². The van der Waals surface area contributed by atoms with Gasteiger partial charge in [-0.05, 0) is 18.8 Å². The Bertz CT molecular complexity index is 188. The van der Waals surface area contributed by atoms with Crippen molar-refractivity contribution in [1.82, 2.24) is 0 Å². The lowest BCUT2D eigenvalue weighted by Crippen LogP contribution is -2.32. The molecule has 0 radical (unpaired) electrons. The Kier molecular flexibility index (Phi) is 2.28. The fourth-order valence-electron chi connectivity index (χ4n) is 1.85. The smallest absolute Gasteiger partial charge is 0.159 e. The minimum Gasteiger partial charge on any atom is -0.159 e. The normalized spacial score (nSPS) is 22.4. The Morgan fingerprint density at radius 1 is 1.33 bits per heavy atom. The molecule has 70 valence electrons. The zero-order valence-corrected chi connectivity index (χ0v) is 8.89. The van der Waals surface area contributed by atoms with E-state index in [1.807, 2.05) is 0 Å². The lowest BCUT2D eigenvalue weighted by atomic mass is 9.72. The first kappa shape index (κ1) is 9.69. The zero-order chi connectivity index (χ0) is 9.41. The van der Waals surface area contributed by atoms with Crippen molar-refractivity contribution in [3.63, 3.8) is 0 Å². The lowest BCUT2D eigenvalue weighted by molar-refractivity contribution is 0.166. The molecule has 0 aliphatic carbocycles. The maximum atomic E-state index is 4.11. The Labute approximate surface area is 75.5 Å². The van der Waals surface area contributed by atoms with Gasteiger partial charge in [-0.3, -0.25) is 0 Å². The molecule has 0 saturated heterocycles. The predicted molar refractivity (Wildman–Crippen MR) is 51.1 cm³/mol. The molecular weight excluding hydrogens is 148 g/mol. The van der Waals surface area contributed by atoms with E-state index < -0.39 is 0 Å². The summed E-state index contributed by atoms with van der Waals surface area (Å²) in [6.07, 6.45) is 2.50. The van der Waals surface area contributed by atoms with Crippen molar-refractivity contribution >= 4 is 0 Å². The van der Waals surface area contributed by atoms with Crippen LogP contribution in [-0.2, 0) is 0 Å². The molecule has 0 aromatic carbocycles. The third-order valence-electron chi connectivity index (χ3n) is 3.30. The molecule has 0 bridgehead atoms. The third-order valence-corrected chi connectivity index (χ3v) is 3.30. The van der Waals surface area contributed by atoms with E-state index in [1.165, 1.54) is 12.8 Å². The minimum atomic E-state index is -0.0569. The highest BCUT2D eigenvalue weighted by molar-refractivity contribution is 4.98. The van der Waals surface area contributed by atoms with Crippen molar-refractivity contribution in [2.45, 2.75) is 53.1 Å². The maximum Gasteiger partial charge on any atom is 0.191 e. The largest absolute Gasteiger partial charge is 0.191 e. The Morgan fingerprint density at radius 2 is 1.83 bits per heavy atom. The van der Waals surface area contributed by atoms with E-state index >= 15 is 0 Å². The van der Waals surface area contributed by atoms with Gasteiger partial charge in [0.05, 0.1) is 0 Å². The van der Waals surface area contributed by atoms with Crippen molar-refractivity contribution in [2.24, 2.45) is 21.6 Å². The van der Waals surface area contributed by atoms with E-state index in [-0.39, 0.29) is 5.66 Å². The maximum absolute atomic E-state index is 4.11. The molecule has 0 spiro atoms. The van der Waals surface area contributed by atoms with Gasteiger partial charge in [-0.15, -0.1) is 0 Å². The minimum absolute atomic E-state index is 0.0569. The molecule has 12 heavy (non-hydrogen) atoms. The molecule has 0 fully saturated rings. The summed E-state index contributed by atoms with van der Waals surface area (Å²) in [5, 5.41) is 8.22. The monoisotopic (exact) mass is 168 g/mol. The first-order valence-corrected chi connectivity index (χ1v) is 4.86. The summed E-state index contributed by atoms with van der Waals surface area (Å²) in [6.45, 7) is 11.2. The van der Waals surface area contributed by atoms with Gasteiger partial charge >= 0.3 is 0 Å². The molecule has 0 amide bonds. The molecule has 0 saturated carbocycles. The molecule has 0 unspecified atom stereocenters. The van der Waals surface area contributed by atoms with Crippen LogP contribution in [-0.4, -0.2) is 5.66 Å².